The summed E-state index contributed by atoms with van der Waals surface area (Å²) in [5.41, 5.74) is 2.25. The molecule has 0 bridgehead atoms. The monoisotopic (exact) mass is 402 g/mol. The Bertz CT molecular complexity index is 825. The van der Waals surface area contributed by atoms with Crippen LogP contribution in [0.5, 0.6) is 0 Å². The highest BCUT2D eigenvalue weighted by molar-refractivity contribution is 7.71. The molecular formula is C17H23F3N5OS+. The Morgan fingerprint density at radius 3 is 2.37 bits per heavy atom. The summed E-state index contributed by atoms with van der Waals surface area (Å²) in [6.07, 6.45) is -4.52. The Morgan fingerprint density at radius 1 is 1.19 bits per heavy atom. The number of nitrogens with one attached hydrogen (secondary N) is 1. The Morgan fingerprint density at radius 2 is 1.81 bits per heavy atom. The third kappa shape index (κ3) is 4.69. The van der Waals surface area contributed by atoms with E-state index in [1.807, 2.05) is 19.2 Å². The summed E-state index contributed by atoms with van der Waals surface area (Å²) in [5, 5.41) is 3.65. The van der Waals surface area contributed by atoms with Crippen molar-refractivity contribution in [2.24, 2.45) is 7.05 Å². The maximum absolute atomic E-state index is 13.0. The molecule has 1 aromatic carbocycles. The number of morpholine rings is 1. The molecule has 1 fully saturated rings. The number of alkyl halides is 3. The van der Waals surface area contributed by atoms with Gasteiger partial charge in [-0.1, -0.05) is 12.1 Å². The molecule has 0 saturated carbocycles. The van der Waals surface area contributed by atoms with Crippen molar-refractivity contribution in [3.8, 4) is 0 Å². The van der Waals surface area contributed by atoms with E-state index in [0.717, 1.165) is 47.0 Å². The summed E-state index contributed by atoms with van der Waals surface area (Å²) >= 11 is 5.09. The number of nitrogens with zero attached hydrogens (tertiary/aromatic N) is 4. The summed E-state index contributed by atoms with van der Waals surface area (Å²) < 4.78 is 46.4. The van der Waals surface area contributed by atoms with E-state index >= 15 is 0 Å². The third-order valence-electron chi connectivity index (χ3n) is 4.53. The number of hydrogen-bond acceptors (Lipinski definition) is 4. The minimum Gasteiger partial charge on any atom is -0.378 e. The summed E-state index contributed by atoms with van der Waals surface area (Å²) in [6, 6.07) is 8.24. The van der Waals surface area contributed by atoms with E-state index in [1.165, 1.54) is 11.7 Å². The minimum absolute atomic E-state index is 0.0596. The van der Waals surface area contributed by atoms with Crippen LogP contribution in [-0.4, -0.2) is 47.7 Å². The lowest BCUT2D eigenvalue weighted by atomic mass is 10.2. The van der Waals surface area contributed by atoms with Crippen molar-refractivity contribution in [2.75, 3.05) is 38.3 Å². The van der Waals surface area contributed by atoms with Crippen molar-refractivity contribution >= 4 is 17.9 Å². The van der Waals surface area contributed by atoms with E-state index in [1.54, 1.807) is 0 Å². The fourth-order valence-corrected chi connectivity index (χ4v) is 3.34. The van der Waals surface area contributed by atoms with Gasteiger partial charge in [-0.05, 0) is 24.4 Å². The maximum Gasteiger partial charge on any atom is 0.451 e. The second kappa shape index (κ2) is 7.99. The number of quaternary nitrogens is 1. The zero-order valence-corrected chi connectivity index (χ0v) is 16.1. The molecule has 148 valence electrons. The number of hydrogen-bond donors (Lipinski definition) is 1. The average molecular weight is 402 g/mol. The highest BCUT2D eigenvalue weighted by atomic mass is 32.1. The number of anilines is 1. The van der Waals surface area contributed by atoms with E-state index in [4.69, 9.17) is 17.0 Å². The van der Waals surface area contributed by atoms with Gasteiger partial charge in [0.25, 0.3) is 0 Å². The predicted octanol–water partition coefficient (Wildman–Crippen LogP) is 1.48. The number of ether oxygens (including phenoxy) is 1. The zero-order valence-electron chi connectivity index (χ0n) is 15.3. The second-order valence-corrected chi connectivity index (χ2v) is 7.09. The molecule has 3 rings (SSSR count). The van der Waals surface area contributed by atoms with Crippen molar-refractivity contribution < 1.29 is 22.8 Å². The van der Waals surface area contributed by atoms with E-state index in [0.29, 0.717) is 6.54 Å². The fraction of sp³-hybridized carbons (Fsp3) is 0.529. The van der Waals surface area contributed by atoms with Gasteiger partial charge in [-0.15, -0.1) is 5.10 Å². The number of halogens is 3. The van der Waals surface area contributed by atoms with E-state index < -0.39 is 12.0 Å². The summed E-state index contributed by atoms with van der Waals surface area (Å²) in [7, 11) is 3.19. The molecule has 2 heterocycles. The van der Waals surface area contributed by atoms with Crippen LogP contribution in [-0.2, 0) is 31.2 Å². The molecular weight excluding hydrogens is 379 g/mol. The molecule has 1 atom stereocenters. The van der Waals surface area contributed by atoms with Crippen molar-refractivity contribution in [2.45, 2.75) is 19.4 Å². The maximum atomic E-state index is 13.0. The van der Waals surface area contributed by atoms with Gasteiger partial charge in [0.15, 0.2) is 6.67 Å². The molecule has 0 radical (unpaired) electrons. The summed E-state index contributed by atoms with van der Waals surface area (Å²) in [4.78, 5) is 3.26. The first kappa shape index (κ1) is 19.8. The smallest absolute Gasteiger partial charge is 0.378 e. The van der Waals surface area contributed by atoms with Crippen molar-refractivity contribution in [3.05, 3.63) is 40.4 Å². The van der Waals surface area contributed by atoms with Crippen LogP contribution in [0.4, 0.5) is 18.9 Å². The largest absolute Gasteiger partial charge is 0.451 e. The Balaban J connectivity index is 1.64. The molecule has 1 aliphatic heterocycles. The lowest BCUT2D eigenvalue weighted by Gasteiger charge is -2.29. The number of aromatic nitrogens is 3. The minimum atomic E-state index is -4.52. The number of rotatable bonds is 5. The molecule has 1 unspecified atom stereocenters. The molecule has 1 aromatic heterocycles. The van der Waals surface area contributed by atoms with Crippen LogP contribution in [0.25, 0.3) is 0 Å². The molecule has 1 aliphatic rings. The van der Waals surface area contributed by atoms with Gasteiger partial charge in [-0.3, -0.25) is 4.57 Å². The average Bonchev–Trinajstić information content (AvgIpc) is 2.91. The van der Waals surface area contributed by atoms with E-state index in [-0.39, 0.29) is 11.4 Å². The Kier molecular flexibility index (Phi) is 5.87. The van der Waals surface area contributed by atoms with E-state index in [9.17, 15) is 13.2 Å². The van der Waals surface area contributed by atoms with Gasteiger partial charge in [0.2, 0.25) is 10.6 Å². The first-order chi connectivity index (χ1) is 12.8. The highest BCUT2D eigenvalue weighted by Gasteiger charge is 2.37. The van der Waals surface area contributed by atoms with Gasteiger partial charge in [0.05, 0.1) is 20.3 Å². The van der Waals surface area contributed by atoms with Gasteiger partial charge in [-0.25, -0.2) is 0 Å². The second-order valence-electron chi connectivity index (χ2n) is 6.72. The van der Waals surface area contributed by atoms with Gasteiger partial charge in [0.1, 0.15) is 6.54 Å². The molecule has 1 N–H and O–H groups in total. The van der Waals surface area contributed by atoms with Crippen LogP contribution in [0.3, 0.4) is 0 Å². The molecule has 2 aromatic rings. The predicted molar refractivity (Wildman–Crippen MR) is 97.1 cm³/mol. The topological polar surface area (TPSA) is 39.7 Å². The quantitative estimate of drug-likeness (QED) is 0.770. The van der Waals surface area contributed by atoms with Crippen LogP contribution < -0.4 is 9.80 Å². The fourth-order valence-electron chi connectivity index (χ4n) is 3.14. The normalized spacial score (nSPS) is 16.6. The van der Waals surface area contributed by atoms with Crippen molar-refractivity contribution in [1.29, 1.82) is 0 Å². The molecule has 0 aliphatic carbocycles. The first-order valence-corrected chi connectivity index (χ1v) is 9.10. The first-order valence-electron chi connectivity index (χ1n) is 8.69. The third-order valence-corrected chi connectivity index (χ3v) is 5.02. The molecule has 0 amide bonds. The Labute approximate surface area is 160 Å². The lowest BCUT2D eigenvalue weighted by molar-refractivity contribution is -0.917. The summed E-state index contributed by atoms with van der Waals surface area (Å²) in [5.74, 6) is -0.977. The standard InChI is InChI=1S/C17H22F3N5OS/c1-22(12-25-16(27)23(2)15(21-25)17(18,19)20)11-13-3-5-14(6-4-13)24-7-9-26-10-8-24/h3-6H,7-12H2,1-2H3/p+1. The van der Waals surface area contributed by atoms with E-state index in [2.05, 4.69) is 22.1 Å². The molecule has 6 nitrogen and oxygen atoms in total. The SMILES string of the molecule is Cn1c(C(F)(F)F)nn(C[NH+](C)Cc2ccc(N3CCOCC3)cc2)c1=S. The molecule has 1 saturated heterocycles. The van der Waals surface area contributed by atoms with Crippen LogP contribution in [0.2, 0.25) is 0 Å². The zero-order chi connectivity index (χ0) is 19.6. The van der Waals surface area contributed by atoms with Crippen molar-refractivity contribution in [1.82, 2.24) is 14.3 Å². The molecule has 0 spiro atoms. The van der Waals surface area contributed by atoms with Crippen LogP contribution in [0.15, 0.2) is 24.3 Å². The van der Waals surface area contributed by atoms with Gasteiger partial charge in [-0.2, -0.15) is 17.9 Å². The van der Waals surface area contributed by atoms with Gasteiger partial charge >= 0.3 is 6.18 Å². The summed E-state index contributed by atoms with van der Waals surface area (Å²) in [6.45, 7) is 4.14. The molecule has 27 heavy (non-hydrogen) atoms. The number of benzene rings is 1. The van der Waals surface area contributed by atoms with Gasteiger partial charge in [0, 0.05) is 31.4 Å². The van der Waals surface area contributed by atoms with Crippen LogP contribution >= 0.6 is 12.2 Å². The molecule has 10 heteroatoms. The van der Waals surface area contributed by atoms with Crippen LogP contribution in [0, 0.1) is 4.77 Å². The Hall–Kier alpha value is -1.91. The highest BCUT2D eigenvalue weighted by Crippen LogP contribution is 2.27. The van der Waals surface area contributed by atoms with Crippen molar-refractivity contribution in [3.63, 3.8) is 0 Å². The lowest BCUT2D eigenvalue weighted by Crippen LogP contribution is -3.07. The van der Waals surface area contributed by atoms with Gasteiger partial charge < -0.3 is 14.5 Å². The van der Waals surface area contributed by atoms with Crippen LogP contribution in [0.1, 0.15) is 11.4 Å².